The molecule has 0 aliphatic rings. The van der Waals surface area contributed by atoms with Crippen LogP contribution in [0.3, 0.4) is 0 Å². The SMILES string of the molecule is CCn1cc(Br)c(-c2ccnc3cc(C(=O)Nc4cnn(Cc5ccccc5C)c4)nn23)n1. The number of hydrogen-bond acceptors (Lipinski definition) is 5. The van der Waals surface area contributed by atoms with Crippen LogP contribution < -0.4 is 5.32 Å². The third-order valence-electron chi connectivity index (χ3n) is 5.36. The summed E-state index contributed by atoms with van der Waals surface area (Å²) in [5.41, 5.74) is 5.26. The summed E-state index contributed by atoms with van der Waals surface area (Å²) in [6, 6.07) is 11.6. The molecule has 4 heterocycles. The molecule has 0 spiro atoms. The van der Waals surface area contributed by atoms with E-state index in [0.29, 0.717) is 17.9 Å². The van der Waals surface area contributed by atoms with Gasteiger partial charge in [-0.3, -0.25) is 14.2 Å². The Bertz CT molecular complexity index is 1460. The number of nitrogens with one attached hydrogen (secondary N) is 1. The van der Waals surface area contributed by atoms with Crippen LogP contribution in [0.25, 0.3) is 17.0 Å². The summed E-state index contributed by atoms with van der Waals surface area (Å²) >= 11 is 3.56. The van der Waals surface area contributed by atoms with Crippen molar-refractivity contribution in [2.75, 3.05) is 5.32 Å². The van der Waals surface area contributed by atoms with E-state index < -0.39 is 0 Å². The van der Waals surface area contributed by atoms with E-state index in [4.69, 9.17) is 0 Å². The van der Waals surface area contributed by atoms with E-state index in [1.54, 1.807) is 33.9 Å². The van der Waals surface area contributed by atoms with Crippen LogP contribution in [0.1, 0.15) is 28.5 Å². The molecule has 0 atom stereocenters. The number of nitrogens with zero attached hydrogens (tertiary/aromatic N) is 7. The zero-order valence-corrected chi connectivity index (χ0v) is 19.7. The van der Waals surface area contributed by atoms with Gasteiger partial charge < -0.3 is 5.32 Å². The number of amides is 1. The minimum atomic E-state index is -0.333. The maximum Gasteiger partial charge on any atom is 0.276 e. The van der Waals surface area contributed by atoms with Crippen LogP contribution in [0, 0.1) is 6.92 Å². The largest absolute Gasteiger partial charge is 0.318 e. The number of halogens is 1. The van der Waals surface area contributed by atoms with Gasteiger partial charge in [-0.2, -0.15) is 15.3 Å². The lowest BCUT2D eigenvalue weighted by molar-refractivity contribution is 0.102. The topological polar surface area (TPSA) is 94.9 Å². The molecule has 0 aliphatic carbocycles. The highest BCUT2D eigenvalue weighted by Gasteiger charge is 2.18. The predicted octanol–water partition coefficient (Wildman–Crippen LogP) is 4.18. The molecule has 1 amide bonds. The lowest BCUT2D eigenvalue weighted by Crippen LogP contribution is -2.12. The molecule has 1 aromatic carbocycles. The molecule has 166 valence electrons. The second-order valence-electron chi connectivity index (χ2n) is 7.62. The first kappa shape index (κ1) is 21.1. The highest BCUT2D eigenvalue weighted by molar-refractivity contribution is 9.10. The minimum Gasteiger partial charge on any atom is -0.318 e. The maximum absolute atomic E-state index is 12.9. The van der Waals surface area contributed by atoms with Gasteiger partial charge in [-0.1, -0.05) is 24.3 Å². The van der Waals surface area contributed by atoms with E-state index >= 15 is 0 Å². The molecule has 0 bridgehead atoms. The summed E-state index contributed by atoms with van der Waals surface area (Å²) in [5, 5.41) is 16.3. The van der Waals surface area contributed by atoms with Crippen molar-refractivity contribution in [1.29, 1.82) is 0 Å². The predicted molar refractivity (Wildman–Crippen MR) is 128 cm³/mol. The van der Waals surface area contributed by atoms with Gasteiger partial charge in [-0.05, 0) is 47.0 Å². The fraction of sp³-hybridized carbons (Fsp3) is 0.174. The molecule has 0 saturated heterocycles. The van der Waals surface area contributed by atoms with Crippen LogP contribution >= 0.6 is 15.9 Å². The first-order chi connectivity index (χ1) is 16.0. The highest BCUT2D eigenvalue weighted by Crippen LogP contribution is 2.27. The molecule has 33 heavy (non-hydrogen) atoms. The molecule has 4 aromatic heterocycles. The Morgan fingerprint density at radius 1 is 1.12 bits per heavy atom. The van der Waals surface area contributed by atoms with E-state index in [1.165, 1.54) is 11.1 Å². The summed E-state index contributed by atoms with van der Waals surface area (Å²) in [6.07, 6.45) is 7.02. The number of aromatic nitrogens is 7. The number of aryl methyl sites for hydroxylation is 2. The number of carbonyl (C=O) groups is 1. The standard InChI is InChI=1S/C23H21BrN8O/c1-3-30-14-18(24)22(29-30)20-8-9-25-21-10-19(28-32(20)21)23(33)27-17-11-26-31(13-17)12-16-7-5-4-6-15(16)2/h4-11,13-14H,3,12H2,1-2H3,(H,27,33). The molecule has 0 radical (unpaired) electrons. The molecule has 1 N–H and O–H groups in total. The van der Waals surface area contributed by atoms with Gasteiger partial charge in [-0.25, -0.2) is 9.50 Å². The molecule has 0 fully saturated rings. The second kappa shape index (κ2) is 8.62. The monoisotopic (exact) mass is 504 g/mol. The Morgan fingerprint density at radius 3 is 2.76 bits per heavy atom. The normalized spacial score (nSPS) is 11.2. The fourth-order valence-corrected chi connectivity index (χ4v) is 4.11. The van der Waals surface area contributed by atoms with Crippen molar-refractivity contribution in [2.45, 2.75) is 26.9 Å². The second-order valence-corrected chi connectivity index (χ2v) is 8.47. The van der Waals surface area contributed by atoms with Gasteiger partial charge in [0.05, 0.1) is 28.6 Å². The van der Waals surface area contributed by atoms with E-state index in [2.05, 4.69) is 60.6 Å². The number of rotatable bonds is 6. The Hall–Kier alpha value is -3.79. The maximum atomic E-state index is 12.9. The van der Waals surface area contributed by atoms with Crippen LogP contribution in [0.15, 0.2) is 65.7 Å². The van der Waals surface area contributed by atoms with Crippen molar-refractivity contribution in [3.05, 3.63) is 82.5 Å². The van der Waals surface area contributed by atoms with E-state index in [0.717, 1.165) is 22.4 Å². The molecule has 0 aliphatic heterocycles. The lowest BCUT2D eigenvalue weighted by atomic mass is 10.1. The smallest absolute Gasteiger partial charge is 0.276 e. The van der Waals surface area contributed by atoms with Crippen LogP contribution in [0.5, 0.6) is 0 Å². The van der Waals surface area contributed by atoms with Gasteiger partial charge in [0.2, 0.25) is 0 Å². The Kier molecular flexibility index (Phi) is 5.51. The van der Waals surface area contributed by atoms with Gasteiger partial charge in [-0.15, -0.1) is 0 Å². The van der Waals surface area contributed by atoms with Crippen molar-refractivity contribution in [3.8, 4) is 11.4 Å². The average Bonchev–Trinajstić information content (AvgIpc) is 3.53. The molecule has 9 nitrogen and oxygen atoms in total. The van der Waals surface area contributed by atoms with E-state index in [-0.39, 0.29) is 11.6 Å². The van der Waals surface area contributed by atoms with Gasteiger partial charge in [0.25, 0.3) is 5.91 Å². The van der Waals surface area contributed by atoms with Crippen molar-refractivity contribution in [3.63, 3.8) is 0 Å². The minimum absolute atomic E-state index is 0.257. The number of hydrogen-bond donors (Lipinski definition) is 1. The Balaban J connectivity index is 1.38. The van der Waals surface area contributed by atoms with Crippen LogP contribution in [0.4, 0.5) is 5.69 Å². The molecular weight excluding hydrogens is 484 g/mol. The fourth-order valence-electron chi connectivity index (χ4n) is 3.59. The lowest BCUT2D eigenvalue weighted by Gasteiger charge is -2.05. The third kappa shape index (κ3) is 4.17. The summed E-state index contributed by atoms with van der Waals surface area (Å²) in [6.45, 7) is 5.46. The quantitative estimate of drug-likeness (QED) is 0.374. The summed E-state index contributed by atoms with van der Waals surface area (Å²) < 4.78 is 6.10. The van der Waals surface area contributed by atoms with E-state index in [1.807, 2.05) is 36.0 Å². The van der Waals surface area contributed by atoms with Crippen molar-refractivity contribution in [1.82, 2.24) is 34.2 Å². The molecule has 0 saturated carbocycles. The Labute approximate surface area is 198 Å². The zero-order valence-electron chi connectivity index (χ0n) is 18.1. The Morgan fingerprint density at radius 2 is 1.97 bits per heavy atom. The first-order valence-electron chi connectivity index (χ1n) is 10.5. The third-order valence-corrected chi connectivity index (χ3v) is 5.94. The molecule has 0 unspecified atom stereocenters. The van der Waals surface area contributed by atoms with Crippen LogP contribution in [-0.2, 0) is 13.1 Å². The van der Waals surface area contributed by atoms with Crippen LogP contribution in [-0.4, -0.2) is 40.1 Å². The molecular formula is C23H21BrN8O. The van der Waals surface area contributed by atoms with Crippen molar-refractivity contribution < 1.29 is 4.79 Å². The van der Waals surface area contributed by atoms with Gasteiger partial charge in [0.15, 0.2) is 11.3 Å². The summed E-state index contributed by atoms with van der Waals surface area (Å²) in [7, 11) is 0. The molecule has 5 rings (SSSR count). The number of fused-ring (bicyclic) bond motifs is 1. The number of anilines is 1. The summed E-state index contributed by atoms with van der Waals surface area (Å²) in [5.74, 6) is -0.333. The van der Waals surface area contributed by atoms with Crippen molar-refractivity contribution >= 4 is 33.2 Å². The van der Waals surface area contributed by atoms with Crippen molar-refractivity contribution in [2.24, 2.45) is 0 Å². The van der Waals surface area contributed by atoms with Gasteiger partial charge >= 0.3 is 0 Å². The average molecular weight is 505 g/mol. The molecule has 10 heteroatoms. The highest BCUT2D eigenvalue weighted by atomic mass is 79.9. The first-order valence-corrected chi connectivity index (χ1v) is 11.3. The zero-order chi connectivity index (χ0) is 22.9. The van der Waals surface area contributed by atoms with Crippen LogP contribution in [0.2, 0.25) is 0 Å². The number of carbonyl (C=O) groups excluding carboxylic acids is 1. The van der Waals surface area contributed by atoms with Gasteiger partial charge in [0.1, 0.15) is 5.69 Å². The number of benzene rings is 1. The molecule has 5 aromatic rings. The summed E-state index contributed by atoms with van der Waals surface area (Å²) in [4.78, 5) is 17.2. The van der Waals surface area contributed by atoms with E-state index in [9.17, 15) is 4.79 Å². The van der Waals surface area contributed by atoms with Gasteiger partial charge in [0, 0.05) is 31.2 Å².